The van der Waals surface area contributed by atoms with Crippen molar-refractivity contribution in [2.75, 3.05) is 0 Å². The van der Waals surface area contributed by atoms with E-state index >= 15 is 0 Å². The zero-order valence-corrected chi connectivity index (χ0v) is 12.5. The molecule has 2 aromatic carbocycles. The number of carbonyl (C=O) groups excluding carboxylic acids is 2. The summed E-state index contributed by atoms with van der Waals surface area (Å²) in [5, 5.41) is 13.8. The molecule has 1 heterocycles. The topological polar surface area (TPSA) is 86.7 Å². The molecule has 6 heteroatoms. The second kappa shape index (κ2) is 5.72. The predicted octanol–water partition coefficient (Wildman–Crippen LogP) is 2.30. The first-order valence-corrected chi connectivity index (χ1v) is 7.32. The van der Waals surface area contributed by atoms with Gasteiger partial charge in [-0.25, -0.2) is 14.5 Å². The number of carboxylic acids is 1. The summed E-state index contributed by atoms with van der Waals surface area (Å²) in [6.07, 6.45) is -0.134. The molecule has 0 unspecified atom stereocenters. The lowest BCUT2D eigenvalue weighted by Gasteiger charge is -2.36. The summed E-state index contributed by atoms with van der Waals surface area (Å²) in [5.41, 5.74) is 0.913. The van der Waals surface area contributed by atoms with Crippen molar-refractivity contribution in [1.82, 2.24) is 10.2 Å². The lowest BCUT2D eigenvalue weighted by molar-refractivity contribution is -0.157. The van der Waals surface area contributed by atoms with Crippen molar-refractivity contribution in [3.63, 3.8) is 0 Å². The zero-order chi connectivity index (χ0) is 16.6. The molecule has 1 fully saturated rings. The van der Waals surface area contributed by atoms with Crippen molar-refractivity contribution < 1.29 is 19.5 Å². The molecule has 2 N–H and O–H groups in total. The van der Waals surface area contributed by atoms with Gasteiger partial charge in [0.25, 0.3) is 0 Å². The van der Waals surface area contributed by atoms with Gasteiger partial charge in [-0.15, -0.1) is 0 Å². The number of fused-ring (bicyclic) bond motifs is 1. The van der Waals surface area contributed by atoms with E-state index in [-0.39, 0.29) is 12.5 Å². The van der Waals surface area contributed by atoms with Crippen LogP contribution in [0.5, 0.6) is 0 Å². The third kappa shape index (κ3) is 2.63. The molecule has 2 atom stereocenters. The van der Waals surface area contributed by atoms with Crippen LogP contribution in [0.3, 0.4) is 0 Å². The Bertz CT molecular complexity index is 797. The van der Waals surface area contributed by atoms with Crippen LogP contribution in [0.15, 0.2) is 42.5 Å². The number of imide groups is 1. The quantitative estimate of drug-likeness (QED) is 0.851. The first-order chi connectivity index (χ1) is 11.0. The van der Waals surface area contributed by atoms with Crippen molar-refractivity contribution in [3.8, 4) is 0 Å². The van der Waals surface area contributed by atoms with Crippen LogP contribution in [0.2, 0.25) is 0 Å². The number of urea groups is 1. The third-order valence-electron chi connectivity index (χ3n) is 4.08. The van der Waals surface area contributed by atoms with Gasteiger partial charge in [0.1, 0.15) is 6.04 Å². The Morgan fingerprint density at radius 1 is 1.22 bits per heavy atom. The Kier molecular flexibility index (Phi) is 3.73. The highest BCUT2D eigenvalue weighted by Crippen LogP contribution is 2.25. The molecule has 0 spiro atoms. The minimum absolute atomic E-state index is 0.134. The summed E-state index contributed by atoms with van der Waals surface area (Å²) >= 11 is 0. The van der Waals surface area contributed by atoms with Crippen LogP contribution in [-0.2, 0) is 9.59 Å². The molecule has 23 heavy (non-hydrogen) atoms. The number of benzene rings is 2. The van der Waals surface area contributed by atoms with E-state index < -0.39 is 23.9 Å². The Hall–Kier alpha value is -2.89. The number of hydrogen-bond acceptors (Lipinski definition) is 3. The van der Waals surface area contributed by atoms with Crippen molar-refractivity contribution in [2.45, 2.75) is 25.4 Å². The van der Waals surface area contributed by atoms with Gasteiger partial charge in [-0.2, -0.15) is 0 Å². The molecule has 0 bridgehead atoms. The van der Waals surface area contributed by atoms with Crippen LogP contribution in [-0.4, -0.2) is 34.0 Å². The second-order valence-electron chi connectivity index (χ2n) is 5.56. The Labute approximate surface area is 132 Å². The molecule has 3 amide bonds. The molecule has 3 rings (SSSR count). The number of nitrogens with one attached hydrogen (secondary N) is 1. The number of amides is 3. The Morgan fingerprint density at radius 3 is 2.61 bits per heavy atom. The van der Waals surface area contributed by atoms with Crippen molar-refractivity contribution in [2.24, 2.45) is 0 Å². The molecule has 0 aliphatic carbocycles. The van der Waals surface area contributed by atoms with Gasteiger partial charge in [-0.1, -0.05) is 42.5 Å². The third-order valence-corrected chi connectivity index (χ3v) is 4.08. The van der Waals surface area contributed by atoms with Crippen LogP contribution >= 0.6 is 0 Å². The van der Waals surface area contributed by atoms with E-state index in [1.807, 2.05) is 42.5 Å². The predicted molar refractivity (Wildman–Crippen MR) is 83.8 cm³/mol. The molecule has 1 aliphatic heterocycles. The van der Waals surface area contributed by atoms with E-state index in [2.05, 4.69) is 5.32 Å². The van der Waals surface area contributed by atoms with E-state index in [1.165, 1.54) is 0 Å². The number of rotatable bonds is 3. The fraction of sp³-hybridized carbons (Fsp3) is 0.235. The van der Waals surface area contributed by atoms with Crippen LogP contribution < -0.4 is 5.32 Å². The van der Waals surface area contributed by atoms with Crippen LogP contribution in [0.1, 0.15) is 24.9 Å². The smallest absolute Gasteiger partial charge is 0.327 e. The van der Waals surface area contributed by atoms with Crippen LogP contribution in [0.4, 0.5) is 4.79 Å². The Balaban J connectivity index is 1.81. The molecule has 6 nitrogen and oxygen atoms in total. The minimum Gasteiger partial charge on any atom is -0.480 e. The van der Waals surface area contributed by atoms with Crippen molar-refractivity contribution in [1.29, 1.82) is 0 Å². The zero-order valence-electron chi connectivity index (χ0n) is 12.5. The number of hydrogen-bond donors (Lipinski definition) is 2. The number of carboxylic acid groups (broad SMARTS) is 1. The van der Waals surface area contributed by atoms with Gasteiger partial charge in [0.05, 0.1) is 12.5 Å². The van der Waals surface area contributed by atoms with Crippen LogP contribution in [0, 0.1) is 0 Å². The highest BCUT2D eigenvalue weighted by molar-refractivity contribution is 6.06. The lowest BCUT2D eigenvalue weighted by atomic mass is 9.99. The highest BCUT2D eigenvalue weighted by atomic mass is 16.4. The lowest BCUT2D eigenvalue weighted by Crippen LogP contribution is -2.61. The van der Waals surface area contributed by atoms with E-state index in [0.29, 0.717) is 0 Å². The van der Waals surface area contributed by atoms with E-state index in [9.17, 15) is 14.4 Å². The molecule has 1 saturated heterocycles. The first-order valence-electron chi connectivity index (χ1n) is 7.32. The highest BCUT2D eigenvalue weighted by Gasteiger charge is 2.45. The summed E-state index contributed by atoms with van der Waals surface area (Å²) in [4.78, 5) is 35.5. The molecular formula is C17H16N2O4. The average molecular weight is 312 g/mol. The number of β-lactam (4-membered cyclic amide) rings is 1. The Morgan fingerprint density at radius 2 is 1.91 bits per heavy atom. The van der Waals surface area contributed by atoms with Gasteiger partial charge >= 0.3 is 12.0 Å². The normalized spacial score (nSPS) is 18.4. The SMILES string of the molecule is C[C@@H](NC(=O)N1C(=O)C[C@H]1C(=O)O)c1cccc2ccccc12. The largest absolute Gasteiger partial charge is 0.480 e. The molecular weight excluding hydrogens is 296 g/mol. The standard InChI is InChI=1S/C17H16N2O4/c1-10(12-8-4-6-11-5-2-3-7-13(11)12)18-17(23)19-14(16(21)22)9-15(19)20/h2-8,10,14H,9H2,1H3,(H,18,23)(H,21,22)/t10-,14+/m1/s1. The van der Waals surface area contributed by atoms with Gasteiger partial charge in [0.2, 0.25) is 5.91 Å². The molecule has 2 aromatic rings. The number of carbonyl (C=O) groups is 3. The summed E-state index contributed by atoms with van der Waals surface area (Å²) in [6, 6.07) is 11.5. The van der Waals surface area contributed by atoms with Crippen LogP contribution in [0.25, 0.3) is 10.8 Å². The maximum Gasteiger partial charge on any atom is 0.327 e. The van der Waals surface area contributed by atoms with E-state index in [1.54, 1.807) is 6.92 Å². The molecule has 118 valence electrons. The summed E-state index contributed by atoms with van der Waals surface area (Å²) in [6.45, 7) is 1.81. The number of aliphatic carboxylic acids is 1. The molecule has 0 radical (unpaired) electrons. The summed E-state index contributed by atoms with van der Waals surface area (Å²) < 4.78 is 0. The van der Waals surface area contributed by atoms with Gasteiger partial charge in [0, 0.05) is 0 Å². The molecule has 0 saturated carbocycles. The molecule has 0 aromatic heterocycles. The van der Waals surface area contributed by atoms with E-state index in [0.717, 1.165) is 21.2 Å². The van der Waals surface area contributed by atoms with Gasteiger partial charge in [0.15, 0.2) is 0 Å². The average Bonchev–Trinajstić information content (AvgIpc) is 2.51. The number of likely N-dealkylation sites (tertiary alicyclic amines) is 1. The fourth-order valence-electron chi connectivity index (χ4n) is 2.83. The summed E-state index contributed by atoms with van der Waals surface area (Å²) in [5.74, 6) is -1.64. The van der Waals surface area contributed by atoms with Gasteiger partial charge < -0.3 is 10.4 Å². The fourth-order valence-corrected chi connectivity index (χ4v) is 2.83. The summed E-state index contributed by atoms with van der Waals surface area (Å²) in [7, 11) is 0. The minimum atomic E-state index is -1.17. The van der Waals surface area contributed by atoms with Gasteiger partial charge in [-0.3, -0.25) is 4.79 Å². The first kappa shape index (κ1) is 15.0. The molecule has 1 aliphatic rings. The van der Waals surface area contributed by atoms with Gasteiger partial charge in [-0.05, 0) is 23.3 Å². The second-order valence-corrected chi connectivity index (χ2v) is 5.56. The maximum atomic E-state index is 12.2. The maximum absolute atomic E-state index is 12.2. The van der Waals surface area contributed by atoms with Crippen molar-refractivity contribution in [3.05, 3.63) is 48.0 Å². The van der Waals surface area contributed by atoms with Crippen molar-refractivity contribution >= 4 is 28.7 Å². The van der Waals surface area contributed by atoms with E-state index in [4.69, 9.17) is 5.11 Å². The number of nitrogens with zero attached hydrogens (tertiary/aromatic N) is 1. The monoisotopic (exact) mass is 312 g/mol.